The minimum absolute atomic E-state index is 0.169. The smallest absolute Gasteiger partial charge is 0.348 e. The van der Waals surface area contributed by atoms with E-state index in [9.17, 15) is 4.79 Å². The molecule has 1 aromatic rings. The molecule has 6 nitrogen and oxygen atoms in total. The van der Waals surface area contributed by atoms with Crippen molar-refractivity contribution in [2.24, 2.45) is 0 Å². The average molecular weight is 142 g/mol. The Labute approximate surface area is 55.5 Å². The van der Waals surface area contributed by atoms with Crippen molar-refractivity contribution in [3.8, 4) is 5.75 Å². The highest BCUT2D eigenvalue weighted by Gasteiger charge is 2.02. The Hall–Kier alpha value is -1.72. The van der Waals surface area contributed by atoms with Gasteiger partial charge in [0.2, 0.25) is 0 Å². The molecule has 0 unspecified atom stereocenters. The van der Waals surface area contributed by atoms with Crippen molar-refractivity contribution in [2.75, 3.05) is 11.5 Å². The molecule has 0 fully saturated rings. The number of aromatic amines is 1. The number of anilines is 2. The number of nitrogens with zero attached hydrogens (tertiary/aromatic N) is 1. The molecule has 10 heavy (non-hydrogen) atoms. The third-order valence-electron chi connectivity index (χ3n) is 0.961. The molecule has 54 valence electrons. The summed E-state index contributed by atoms with van der Waals surface area (Å²) >= 11 is 0. The van der Waals surface area contributed by atoms with Crippen LogP contribution in [0.25, 0.3) is 0 Å². The molecule has 0 saturated heterocycles. The molecule has 0 aliphatic heterocycles. The van der Waals surface area contributed by atoms with Crippen LogP contribution in [0.1, 0.15) is 0 Å². The first kappa shape index (κ1) is 6.40. The van der Waals surface area contributed by atoms with Crippen LogP contribution in [0.5, 0.6) is 5.75 Å². The van der Waals surface area contributed by atoms with E-state index in [2.05, 4.69) is 9.97 Å². The van der Waals surface area contributed by atoms with Crippen LogP contribution < -0.4 is 17.2 Å². The van der Waals surface area contributed by atoms with E-state index in [4.69, 9.17) is 16.6 Å². The average Bonchev–Trinajstić information content (AvgIpc) is 1.82. The highest BCUT2D eigenvalue weighted by Crippen LogP contribution is 2.19. The van der Waals surface area contributed by atoms with Gasteiger partial charge in [-0.1, -0.05) is 0 Å². The van der Waals surface area contributed by atoms with Crippen LogP contribution in [0.15, 0.2) is 4.79 Å². The van der Waals surface area contributed by atoms with E-state index < -0.39 is 5.69 Å². The number of aromatic hydroxyl groups is 1. The Morgan fingerprint density at radius 2 is 2.10 bits per heavy atom. The van der Waals surface area contributed by atoms with Gasteiger partial charge >= 0.3 is 5.69 Å². The second kappa shape index (κ2) is 1.90. The van der Waals surface area contributed by atoms with Crippen molar-refractivity contribution >= 4 is 11.6 Å². The number of rotatable bonds is 0. The lowest BCUT2D eigenvalue weighted by Crippen LogP contribution is -2.14. The first-order valence-electron chi connectivity index (χ1n) is 2.45. The van der Waals surface area contributed by atoms with E-state index in [1.165, 1.54) is 0 Å². The number of nitrogen functional groups attached to an aromatic ring is 2. The normalized spacial score (nSPS) is 9.60. The number of hydrogen-bond donors (Lipinski definition) is 4. The van der Waals surface area contributed by atoms with E-state index in [0.29, 0.717) is 0 Å². The fraction of sp³-hybridized carbons (Fsp3) is 0. The summed E-state index contributed by atoms with van der Waals surface area (Å²) in [6.07, 6.45) is 0. The monoisotopic (exact) mass is 142 g/mol. The summed E-state index contributed by atoms with van der Waals surface area (Å²) in [6, 6.07) is 0. The van der Waals surface area contributed by atoms with Gasteiger partial charge < -0.3 is 16.6 Å². The molecular formula is C4H6N4O2. The van der Waals surface area contributed by atoms with Crippen LogP contribution in [-0.2, 0) is 0 Å². The first-order chi connectivity index (χ1) is 4.61. The summed E-state index contributed by atoms with van der Waals surface area (Å²) in [5.41, 5.74) is 9.48. The van der Waals surface area contributed by atoms with Gasteiger partial charge in [-0.3, -0.25) is 4.98 Å². The first-order valence-corrected chi connectivity index (χ1v) is 2.45. The fourth-order valence-corrected chi connectivity index (χ4v) is 0.503. The Morgan fingerprint density at radius 1 is 1.50 bits per heavy atom. The Kier molecular flexibility index (Phi) is 1.22. The molecular weight excluding hydrogens is 136 g/mol. The maximum Gasteiger partial charge on any atom is 0.348 e. The van der Waals surface area contributed by atoms with Crippen molar-refractivity contribution in [1.29, 1.82) is 0 Å². The molecule has 6 heteroatoms. The fourth-order valence-electron chi connectivity index (χ4n) is 0.503. The molecule has 0 atom stereocenters. The van der Waals surface area contributed by atoms with Crippen LogP contribution >= 0.6 is 0 Å². The third-order valence-corrected chi connectivity index (χ3v) is 0.961. The number of hydrogen-bond acceptors (Lipinski definition) is 5. The van der Waals surface area contributed by atoms with Crippen molar-refractivity contribution in [2.45, 2.75) is 0 Å². The summed E-state index contributed by atoms with van der Waals surface area (Å²) in [4.78, 5) is 15.7. The minimum Gasteiger partial charge on any atom is -0.502 e. The largest absolute Gasteiger partial charge is 0.502 e. The predicted molar refractivity (Wildman–Crippen MR) is 35.3 cm³/mol. The number of nitrogens with one attached hydrogen (secondary N) is 1. The second-order valence-electron chi connectivity index (χ2n) is 1.69. The molecule has 0 radical (unpaired) electrons. The van der Waals surface area contributed by atoms with Crippen molar-refractivity contribution in [3.63, 3.8) is 0 Å². The molecule has 0 bridgehead atoms. The predicted octanol–water partition coefficient (Wildman–Crippen LogP) is -1.36. The summed E-state index contributed by atoms with van der Waals surface area (Å²) < 4.78 is 0. The lowest BCUT2D eigenvalue weighted by molar-refractivity contribution is 0.475. The van der Waals surface area contributed by atoms with E-state index in [0.717, 1.165) is 0 Å². The highest BCUT2D eigenvalue weighted by molar-refractivity contribution is 5.57. The highest BCUT2D eigenvalue weighted by atomic mass is 16.3. The van der Waals surface area contributed by atoms with Gasteiger partial charge in [-0.05, 0) is 0 Å². The van der Waals surface area contributed by atoms with E-state index in [1.54, 1.807) is 0 Å². The van der Waals surface area contributed by atoms with Gasteiger partial charge in [-0.2, -0.15) is 4.98 Å². The van der Waals surface area contributed by atoms with Crippen LogP contribution in [0.3, 0.4) is 0 Å². The summed E-state index contributed by atoms with van der Waals surface area (Å²) in [5.74, 6) is -0.821. The van der Waals surface area contributed by atoms with Crippen LogP contribution in [-0.4, -0.2) is 15.1 Å². The second-order valence-corrected chi connectivity index (χ2v) is 1.69. The molecule has 0 aromatic carbocycles. The summed E-state index contributed by atoms with van der Waals surface area (Å²) in [6.45, 7) is 0. The Morgan fingerprint density at radius 3 is 2.60 bits per heavy atom. The van der Waals surface area contributed by atoms with E-state index >= 15 is 0 Å². The Balaban J connectivity index is 3.46. The molecule has 0 spiro atoms. The third kappa shape index (κ3) is 0.859. The summed E-state index contributed by atoms with van der Waals surface area (Å²) in [5, 5.41) is 8.85. The van der Waals surface area contributed by atoms with Gasteiger partial charge in [0, 0.05) is 0 Å². The molecule has 0 aliphatic carbocycles. The van der Waals surface area contributed by atoms with Crippen molar-refractivity contribution in [1.82, 2.24) is 9.97 Å². The van der Waals surface area contributed by atoms with Crippen molar-refractivity contribution < 1.29 is 5.11 Å². The van der Waals surface area contributed by atoms with Gasteiger partial charge in [0.05, 0.1) is 0 Å². The molecule has 6 N–H and O–H groups in total. The zero-order chi connectivity index (χ0) is 7.72. The standard InChI is InChI=1S/C4H6N4O2/c5-2-1(9)3(6)8-4(10)7-2/h9H,(H5,5,6,7,8,10). The Bertz CT molecular complexity index is 278. The maximum absolute atomic E-state index is 10.4. The van der Waals surface area contributed by atoms with E-state index in [-0.39, 0.29) is 17.4 Å². The van der Waals surface area contributed by atoms with E-state index in [1.807, 2.05) is 0 Å². The van der Waals surface area contributed by atoms with Crippen LogP contribution in [0, 0.1) is 0 Å². The molecule has 0 amide bonds. The van der Waals surface area contributed by atoms with Gasteiger partial charge in [0.1, 0.15) is 0 Å². The number of H-pyrrole nitrogens is 1. The number of nitrogens with two attached hydrogens (primary N) is 2. The summed E-state index contributed by atoms with van der Waals surface area (Å²) in [7, 11) is 0. The number of aromatic nitrogens is 2. The topological polar surface area (TPSA) is 118 Å². The lowest BCUT2D eigenvalue weighted by Gasteiger charge is -1.97. The van der Waals surface area contributed by atoms with Crippen LogP contribution in [0.4, 0.5) is 11.6 Å². The van der Waals surface area contributed by atoms with Gasteiger partial charge in [0.15, 0.2) is 17.4 Å². The molecule has 1 aromatic heterocycles. The molecule has 1 heterocycles. The molecule has 1 rings (SSSR count). The van der Waals surface area contributed by atoms with Gasteiger partial charge in [-0.15, -0.1) is 0 Å². The van der Waals surface area contributed by atoms with Gasteiger partial charge in [0.25, 0.3) is 0 Å². The minimum atomic E-state index is -0.673. The van der Waals surface area contributed by atoms with Crippen molar-refractivity contribution in [3.05, 3.63) is 10.5 Å². The quantitative estimate of drug-likeness (QED) is 0.356. The SMILES string of the molecule is Nc1nc(=O)[nH]c(N)c1O. The zero-order valence-electron chi connectivity index (χ0n) is 4.96. The zero-order valence-corrected chi connectivity index (χ0v) is 4.96. The molecule has 0 aliphatic rings. The maximum atomic E-state index is 10.4. The lowest BCUT2D eigenvalue weighted by atomic mass is 10.5. The van der Waals surface area contributed by atoms with Gasteiger partial charge in [-0.25, -0.2) is 4.79 Å². The molecule has 0 saturated carbocycles. The van der Waals surface area contributed by atoms with Crippen LogP contribution in [0.2, 0.25) is 0 Å².